The third-order valence-electron chi connectivity index (χ3n) is 2.40. The van der Waals surface area contributed by atoms with Crippen molar-refractivity contribution in [1.29, 1.82) is 0 Å². The van der Waals surface area contributed by atoms with E-state index in [1.807, 2.05) is 26.8 Å². The van der Waals surface area contributed by atoms with E-state index in [4.69, 9.17) is 5.73 Å². The highest BCUT2D eigenvalue weighted by molar-refractivity contribution is 5.93. The first kappa shape index (κ1) is 12.5. The Morgan fingerprint density at radius 2 is 2.28 bits per heavy atom. The summed E-state index contributed by atoms with van der Waals surface area (Å²) in [4.78, 5) is 16.1. The van der Waals surface area contributed by atoms with Crippen LogP contribution in [-0.2, 0) is 0 Å². The fourth-order valence-corrected chi connectivity index (χ4v) is 1.52. The lowest BCUT2D eigenvalue weighted by Crippen LogP contribution is -2.45. The van der Waals surface area contributed by atoms with Crippen molar-refractivity contribution in [1.82, 2.24) is 19.9 Å². The maximum absolute atomic E-state index is 11.9. The zero-order valence-corrected chi connectivity index (χ0v) is 10.8. The van der Waals surface area contributed by atoms with E-state index in [9.17, 15) is 4.79 Å². The minimum atomic E-state index is -0.435. The molecule has 2 aromatic heterocycles. The number of amides is 1. The second-order valence-electron chi connectivity index (χ2n) is 5.10. The molecular weight excluding hydrogens is 230 g/mol. The smallest absolute Gasteiger partial charge is 0.254 e. The van der Waals surface area contributed by atoms with Gasteiger partial charge in [0.05, 0.1) is 11.3 Å². The van der Waals surface area contributed by atoms with Gasteiger partial charge in [-0.05, 0) is 20.8 Å². The van der Waals surface area contributed by atoms with Gasteiger partial charge in [0, 0.05) is 30.5 Å². The highest BCUT2D eigenvalue weighted by Crippen LogP contribution is 2.05. The minimum Gasteiger partial charge on any atom is -0.350 e. The quantitative estimate of drug-likeness (QED) is 0.827. The molecule has 0 aliphatic rings. The molecule has 0 saturated carbocycles. The molecular formula is C12H17N5O. The summed E-state index contributed by atoms with van der Waals surface area (Å²) in [6, 6.07) is 1.85. The number of aryl methyl sites for hydroxylation is 1. The van der Waals surface area contributed by atoms with Crippen molar-refractivity contribution in [3.63, 3.8) is 0 Å². The van der Waals surface area contributed by atoms with Gasteiger partial charge in [-0.25, -0.2) is 9.50 Å². The summed E-state index contributed by atoms with van der Waals surface area (Å²) in [5, 5.41) is 6.98. The van der Waals surface area contributed by atoms with Crippen LogP contribution in [0, 0.1) is 6.92 Å². The van der Waals surface area contributed by atoms with Crippen LogP contribution in [0.15, 0.2) is 18.5 Å². The zero-order valence-electron chi connectivity index (χ0n) is 10.8. The van der Waals surface area contributed by atoms with Gasteiger partial charge in [-0.3, -0.25) is 4.79 Å². The monoisotopic (exact) mass is 247 g/mol. The Bertz CT molecular complexity index is 582. The first-order valence-electron chi connectivity index (χ1n) is 5.74. The van der Waals surface area contributed by atoms with Crippen LogP contribution in [0.2, 0.25) is 0 Å². The summed E-state index contributed by atoms with van der Waals surface area (Å²) in [6.45, 7) is 5.99. The number of carbonyl (C=O) groups is 1. The second-order valence-corrected chi connectivity index (χ2v) is 5.10. The molecule has 3 N–H and O–H groups in total. The van der Waals surface area contributed by atoms with Gasteiger partial charge >= 0.3 is 0 Å². The largest absolute Gasteiger partial charge is 0.350 e. The first-order chi connectivity index (χ1) is 8.35. The van der Waals surface area contributed by atoms with Crippen molar-refractivity contribution in [2.24, 2.45) is 5.73 Å². The molecule has 2 aromatic rings. The number of carbonyl (C=O) groups excluding carboxylic acids is 1. The molecule has 1 amide bonds. The van der Waals surface area contributed by atoms with Gasteiger partial charge in [0.15, 0.2) is 5.65 Å². The van der Waals surface area contributed by atoms with Crippen LogP contribution in [0.3, 0.4) is 0 Å². The highest BCUT2D eigenvalue weighted by atomic mass is 16.1. The number of nitrogens with two attached hydrogens (primary N) is 1. The van der Waals surface area contributed by atoms with Crippen molar-refractivity contribution >= 4 is 11.6 Å². The summed E-state index contributed by atoms with van der Waals surface area (Å²) in [6.07, 6.45) is 3.20. The lowest BCUT2D eigenvalue weighted by Gasteiger charge is -2.18. The van der Waals surface area contributed by atoms with Crippen LogP contribution in [0.5, 0.6) is 0 Å². The molecule has 0 saturated heterocycles. The Labute approximate surface area is 105 Å². The van der Waals surface area contributed by atoms with E-state index < -0.39 is 5.54 Å². The predicted octanol–water partition coefficient (Wildman–Crippen LogP) is 0.505. The van der Waals surface area contributed by atoms with Crippen molar-refractivity contribution in [2.45, 2.75) is 26.3 Å². The average Bonchev–Trinajstić information content (AvgIpc) is 2.63. The third kappa shape index (κ3) is 2.84. The minimum absolute atomic E-state index is 0.198. The first-order valence-corrected chi connectivity index (χ1v) is 5.74. The van der Waals surface area contributed by atoms with Crippen molar-refractivity contribution in [3.05, 3.63) is 29.7 Å². The summed E-state index contributed by atoms with van der Waals surface area (Å²) in [7, 11) is 0. The van der Waals surface area contributed by atoms with Crippen LogP contribution in [0.4, 0.5) is 0 Å². The van der Waals surface area contributed by atoms with Gasteiger partial charge in [0.25, 0.3) is 5.91 Å². The molecule has 18 heavy (non-hydrogen) atoms. The molecule has 6 heteroatoms. The molecule has 2 heterocycles. The molecule has 0 radical (unpaired) electrons. The van der Waals surface area contributed by atoms with Crippen molar-refractivity contribution in [2.75, 3.05) is 6.54 Å². The standard InChI is InChI=1S/C12H17N5O/c1-8-4-10-14-5-9(6-17(10)16-8)11(18)15-7-12(2,3)13/h4-6H,7,13H2,1-3H3,(H,15,18). The summed E-state index contributed by atoms with van der Waals surface area (Å²) in [5.41, 5.74) is 7.43. The van der Waals surface area contributed by atoms with Gasteiger partial charge < -0.3 is 11.1 Å². The normalized spacial score (nSPS) is 11.8. The highest BCUT2D eigenvalue weighted by Gasteiger charge is 2.14. The fraction of sp³-hybridized carbons (Fsp3) is 0.417. The number of nitrogens with one attached hydrogen (secondary N) is 1. The Morgan fingerprint density at radius 3 is 2.94 bits per heavy atom. The molecule has 6 nitrogen and oxygen atoms in total. The maximum Gasteiger partial charge on any atom is 0.254 e. The van der Waals surface area contributed by atoms with E-state index in [-0.39, 0.29) is 5.91 Å². The summed E-state index contributed by atoms with van der Waals surface area (Å²) in [5.74, 6) is -0.198. The molecule has 0 aromatic carbocycles. The lowest BCUT2D eigenvalue weighted by atomic mass is 10.1. The summed E-state index contributed by atoms with van der Waals surface area (Å²) >= 11 is 0. The Balaban J connectivity index is 2.17. The molecule has 0 bridgehead atoms. The molecule has 0 fully saturated rings. The third-order valence-corrected chi connectivity index (χ3v) is 2.40. The van der Waals surface area contributed by atoms with Crippen LogP contribution < -0.4 is 11.1 Å². The number of aromatic nitrogens is 3. The molecule has 0 atom stereocenters. The van der Waals surface area contributed by atoms with Gasteiger partial charge in [-0.2, -0.15) is 5.10 Å². The molecule has 0 unspecified atom stereocenters. The molecule has 2 rings (SSSR count). The van der Waals surface area contributed by atoms with Crippen molar-refractivity contribution < 1.29 is 4.79 Å². The topological polar surface area (TPSA) is 85.3 Å². The number of hydrogen-bond donors (Lipinski definition) is 2. The van der Waals surface area contributed by atoms with Crippen LogP contribution in [0.1, 0.15) is 29.9 Å². The second kappa shape index (κ2) is 4.38. The number of rotatable bonds is 3. The van der Waals surface area contributed by atoms with E-state index in [1.54, 1.807) is 10.7 Å². The van der Waals surface area contributed by atoms with Crippen LogP contribution >= 0.6 is 0 Å². The number of fused-ring (bicyclic) bond motifs is 1. The van der Waals surface area contributed by atoms with Crippen LogP contribution in [0.25, 0.3) is 5.65 Å². The fourth-order valence-electron chi connectivity index (χ4n) is 1.52. The van der Waals surface area contributed by atoms with Gasteiger partial charge in [0.2, 0.25) is 0 Å². The Morgan fingerprint density at radius 1 is 1.56 bits per heavy atom. The predicted molar refractivity (Wildman–Crippen MR) is 68.3 cm³/mol. The van der Waals surface area contributed by atoms with Crippen molar-refractivity contribution in [3.8, 4) is 0 Å². The number of hydrogen-bond acceptors (Lipinski definition) is 4. The van der Waals surface area contributed by atoms with E-state index in [1.165, 1.54) is 6.20 Å². The molecule has 0 spiro atoms. The Kier molecular flexibility index (Phi) is 3.04. The van der Waals surface area contributed by atoms with E-state index in [0.29, 0.717) is 12.1 Å². The maximum atomic E-state index is 11.9. The summed E-state index contributed by atoms with van der Waals surface area (Å²) < 4.78 is 1.60. The van der Waals surface area contributed by atoms with Crippen LogP contribution in [-0.4, -0.2) is 32.6 Å². The van der Waals surface area contributed by atoms with Gasteiger partial charge in [-0.15, -0.1) is 0 Å². The average molecular weight is 247 g/mol. The SMILES string of the molecule is Cc1cc2ncc(C(=O)NCC(C)(C)N)cn2n1. The lowest BCUT2D eigenvalue weighted by molar-refractivity contribution is 0.0945. The molecule has 96 valence electrons. The molecule has 0 aliphatic heterocycles. The van der Waals surface area contributed by atoms with E-state index in [2.05, 4.69) is 15.4 Å². The van der Waals surface area contributed by atoms with E-state index >= 15 is 0 Å². The Hall–Kier alpha value is -1.95. The number of nitrogens with zero attached hydrogens (tertiary/aromatic N) is 3. The van der Waals surface area contributed by atoms with Gasteiger partial charge in [-0.1, -0.05) is 0 Å². The van der Waals surface area contributed by atoms with E-state index in [0.717, 1.165) is 11.3 Å². The zero-order chi connectivity index (χ0) is 13.3. The molecule has 0 aliphatic carbocycles. The van der Waals surface area contributed by atoms with Gasteiger partial charge in [0.1, 0.15) is 0 Å².